The Labute approximate surface area is 100 Å². The van der Waals surface area contributed by atoms with Gasteiger partial charge in [0.15, 0.2) is 0 Å². The van der Waals surface area contributed by atoms with Crippen molar-refractivity contribution in [2.75, 3.05) is 13.7 Å². The van der Waals surface area contributed by atoms with Crippen molar-refractivity contribution in [2.45, 2.75) is 69.9 Å². The fourth-order valence-electron chi connectivity index (χ4n) is 3.91. The average molecular weight is 225 g/mol. The van der Waals surface area contributed by atoms with Gasteiger partial charge < -0.3 is 10.1 Å². The SMILES string of the molecule is CCNC(C1CCCC1)C1(OC)CCCC1. The third-order valence-electron chi connectivity index (χ3n) is 4.72. The summed E-state index contributed by atoms with van der Waals surface area (Å²) in [4.78, 5) is 0. The van der Waals surface area contributed by atoms with Gasteiger partial charge in [-0.25, -0.2) is 0 Å². The summed E-state index contributed by atoms with van der Waals surface area (Å²) >= 11 is 0. The molecule has 1 unspecified atom stereocenters. The van der Waals surface area contributed by atoms with Crippen molar-refractivity contribution in [3.63, 3.8) is 0 Å². The van der Waals surface area contributed by atoms with Gasteiger partial charge in [-0.3, -0.25) is 0 Å². The van der Waals surface area contributed by atoms with E-state index < -0.39 is 0 Å². The minimum Gasteiger partial charge on any atom is -0.377 e. The third-order valence-corrected chi connectivity index (χ3v) is 4.72. The number of hydrogen-bond acceptors (Lipinski definition) is 2. The van der Waals surface area contributed by atoms with Gasteiger partial charge in [-0.1, -0.05) is 32.6 Å². The molecule has 0 bridgehead atoms. The van der Waals surface area contributed by atoms with E-state index in [0.717, 1.165) is 12.5 Å². The van der Waals surface area contributed by atoms with Gasteiger partial charge in [0, 0.05) is 13.2 Å². The quantitative estimate of drug-likeness (QED) is 0.776. The van der Waals surface area contributed by atoms with E-state index in [2.05, 4.69) is 12.2 Å². The second-order valence-electron chi connectivity index (χ2n) is 5.56. The van der Waals surface area contributed by atoms with Crippen LogP contribution in [0.4, 0.5) is 0 Å². The van der Waals surface area contributed by atoms with Crippen LogP contribution in [0.2, 0.25) is 0 Å². The van der Waals surface area contributed by atoms with Gasteiger partial charge in [0.2, 0.25) is 0 Å². The summed E-state index contributed by atoms with van der Waals surface area (Å²) in [5.41, 5.74) is 0.158. The Morgan fingerprint density at radius 2 is 1.81 bits per heavy atom. The maximum Gasteiger partial charge on any atom is 0.0833 e. The normalized spacial score (nSPS) is 27.4. The van der Waals surface area contributed by atoms with Crippen molar-refractivity contribution in [2.24, 2.45) is 5.92 Å². The molecule has 2 rings (SSSR count). The molecule has 0 saturated heterocycles. The topological polar surface area (TPSA) is 21.3 Å². The molecule has 0 aromatic heterocycles. The number of likely N-dealkylation sites (N-methyl/N-ethyl adjacent to an activating group) is 1. The summed E-state index contributed by atoms with van der Waals surface area (Å²) in [7, 11) is 1.92. The number of hydrogen-bond donors (Lipinski definition) is 1. The second kappa shape index (κ2) is 5.50. The third kappa shape index (κ3) is 2.28. The van der Waals surface area contributed by atoms with Gasteiger partial charge in [0.1, 0.15) is 0 Å². The van der Waals surface area contributed by atoms with Crippen molar-refractivity contribution in [3.8, 4) is 0 Å². The molecule has 16 heavy (non-hydrogen) atoms. The lowest BCUT2D eigenvalue weighted by Gasteiger charge is -2.40. The lowest BCUT2D eigenvalue weighted by Crippen LogP contribution is -2.54. The molecule has 2 nitrogen and oxygen atoms in total. The van der Waals surface area contributed by atoms with Crippen LogP contribution >= 0.6 is 0 Å². The van der Waals surface area contributed by atoms with Gasteiger partial charge in [-0.15, -0.1) is 0 Å². The zero-order valence-electron chi connectivity index (χ0n) is 10.9. The first kappa shape index (κ1) is 12.4. The van der Waals surface area contributed by atoms with Crippen LogP contribution < -0.4 is 5.32 Å². The highest BCUT2D eigenvalue weighted by molar-refractivity contribution is 5.00. The monoisotopic (exact) mass is 225 g/mol. The van der Waals surface area contributed by atoms with Gasteiger partial charge in [0.25, 0.3) is 0 Å². The fourth-order valence-corrected chi connectivity index (χ4v) is 3.91. The standard InChI is InChI=1S/C14H27NO/c1-3-15-13(12-8-4-5-9-12)14(16-2)10-6-7-11-14/h12-13,15H,3-11H2,1-2H3. The first-order chi connectivity index (χ1) is 7.82. The molecular weight excluding hydrogens is 198 g/mol. The minimum atomic E-state index is 0.158. The molecule has 0 spiro atoms. The van der Waals surface area contributed by atoms with E-state index in [1.165, 1.54) is 51.4 Å². The molecule has 2 heteroatoms. The molecule has 1 atom stereocenters. The fraction of sp³-hybridized carbons (Fsp3) is 1.00. The van der Waals surface area contributed by atoms with Gasteiger partial charge in [-0.05, 0) is 38.1 Å². The van der Waals surface area contributed by atoms with Crippen LogP contribution in [0.5, 0.6) is 0 Å². The predicted octanol–water partition coefficient (Wildman–Crippen LogP) is 3.11. The molecule has 0 radical (unpaired) electrons. The molecule has 2 fully saturated rings. The van der Waals surface area contributed by atoms with E-state index in [4.69, 9.17) is 4.74 Å². The average Bonchev–Trinajstić information content (AvgIpc) is 2.98. The first-order valence-corrected chi connectivity index (χ1v) is 7.11. The molecule has 94 valence electrons. The van der Waals surface area contributed by atoms with Gasteiger partial charge in [-0.2, -0.15) is 0 Å². The summed E-state index contributed by atoms with van der Waals surface area (Å²) in [6, 6.07) is 0.604. The molecule has 2 aliphatic carbocycles. The van der Waals surface area contributed by atoms with Crippen LogP contribution in [-0.4, -0.2) is 25.3 Å². The van der Waals surface area contributed by atoms with Gasteiger partial charge >= 0.3 is 0 Å². The van der Waals surface area contributed by atoms with Crippen molar-refractivity contribution in [3.05, 3.63) is 0 Å². The van der Waals surface area contributed by atoms with E-state index >= 15 is 0 Å². The molecule has 0 amide bonds. The highest BCUT2D eigenvalue weighted by Crippen LogP contribution is 2.42. The Morgan fingerprint density at radius 1 is 1.19 bits per heavy atom. The lowest BCUT2D eigenvalue weighted by atomic mass is 9.82. The van der Waals surface area contributed by atoms with Crippen LogP contribution in [0.15, 0.2) is 0 Å². The van der Waals surface area contributed by atoms with Crippen molar-refractivity contribution >= 4 is 0 Å². The number of ether oxygens (including phenoxy) is 1. The maximum absolute atomic E-state index is 5.96. The highest BCUT2D eigenvalue weighted by Gasteiger charge is 2.45. The van der Waals surface area contributed by atoms with Crippen molar-refractivity contribution in [1.29, 1.82) is 0 Å². The number of nitrogens with one attached hydrogen (secondary N) is 1. The van der Waals surface area contributed by atoms with Crippen LogP contribution in [0.3, 0.4) is 0 Å². The molecule has 2 aliphatic rings. The summed E-state index contributed by atoms with van der Waals surface area (Å²) in [6.45, 7) is 3.30. The van der Waals surface area contributed by atoms with Crippen LogP contribution in [-0.2, 0) is 4.74 Å². The van der Waals surface area contributed by atoms with Crippen LogP contribution in [0.1, 0.15) is 58.3 Å². The Kier molecular flexibility index (Phi) is 4.26. The summed E-state index contributed by atoms with van der Waals surface area (Å²) in [5.74, 6) is 0.859. The van der Waals surface area contributed by atoms with Crippen LogP contribution in [0, 0.1) is 5.92 Å². The second-order valence-corrected chi connectivity index (χ2v) is 5.56. The predicted molar refractivity (Wildman–Crippen MR) is 67.6 cm³/mol. The number of rotatable bonds is 5. The molecule has 2 saturated carbocycles. The Balaban J connectivity index is 2.09. The molecule has 0 aliphatic heterocycles. The van der Waals surface area contributed by atoms with E-state index in [1.54, 1.807) is 0 Å². The van der Waals surface area contributed by atoms with E-state index in [9.17, 15) is 0 Å². The lowest BCUT2D eigenvalue weighted by molar-refractivity contribution is -0.0508. The van der Waals surface area contributed by atoms with E-state index in [0.29, 0.717) is 6.04 Å². The smallest absolute Gasteiger partial charge is 0.0833 e. The summed E-state index contributed by atoms with van der Waals surface area (Å²) in [5, 5.41) is 3.73. The zero-order chi connectivity index (χ0) is 11.4. The molecule has 0 aromatic rings. The van der Waals surface area contributed by atoms with Crippen molar-refractivity contribution in [1.82, 2.24) is 5.32 Å². The maximum atomic E-state index is 5.96. The Morgan fingerprint density at radius 3 is 2.31 bits per heavy atom. The summed E-state index contributed by atoms with van der Waals surface area (Å²) in [6.07, 6.45) is 10.9. The summed E-state index contributed by atoms with van der Waals surface area (Å²) < 4.78 is 5.96. The van der Waals surface area contributed by atoms with E-state index in [-0.39, 0.29) is 5.60 Å². The highest BCUT2D eigenvalue weighted by atomic mass is 16.5. The number of methoxy groups -OCH3 is 1. The Hall–Kier alpha value is -0.0800. The Bertz CT molecular complexity index is 205. The molecule has 0 aromatic carbocycles. The largest absolute Gasteiger partial charge is 0.377 e. The van der Waals surface area contributed by atoms with Crippen LogP contribution in [0.25, 0.3) is 0 Å². The molecule has 1 N–H and O–H groups in total. The van der Waals surface area contributed by atoms with E-state index in [1.807, 2.05) is 7.11 Å². The van der Waals surface area contributed by atoms with Gasteiger partial charge in [0.05, 0.1) is 5.60 Å². The van der Waals surface area contributed by atoms with Crippen molar-refractivity contribution < 1.29 is 4.74 Å². The molecule has 0 heterocycles. The zero-order valence-corrected chi connectivity index (χ0v) is 10.9. The first-order valence-electron chi connectivity index (χ1n) is 7.11. The molecular formula is C14H27NO. The minimum absolute atomic E-state index is 0.158.